The molecule has 0 aliphatic rings. The van der Waals surface area contributed by atoms with Crippen molar-refractivity contribution in [2.45, 2.75) is 39.2 Å². The molecule has 1 N–H and O–H groups in total. The number of amides is 1. The molecule has 0 aliphatic heterocycles. The van der Waals surface area contributed by atoms with Gasteiger partial charge in [0.15, 0.2) is 0 Å². The van der Waals surface area contributed by atoms with Gasteiger partial charge in [0, 0.05) is 5.56 Å². The number of carbonyl (C=O) groups excluding carboxylic acids is 1. The SMILES string of the molecule is CCCCOC(=O)NC(C#Cc1ccccc1)c1ccc(CC)cc1. The second-order valence-electron chi connectivity index (χ2n) is 5.80. The van der Waals surface area contributed by atoms with Crippen LogP contribution in [0.5, 0.6) is 0 Å². The maximum Gasteiger partial charge on any atom is 0.408 e. The zero-order valence-corrected chi connectivity index (χ0v) is 14.9. The maximum atomic E-state index is 12.0. The first-order valence-corrected chi connectivity index (χ1v) is 8.81. The molecule has 0 saturated carbocycles. The van der Waals surface area contributed by atoms with Gasteiger partial charge in [-0.05, 0) is 36.1 Å². The van der Waals surface area contributed by atoms with E-state index < -0.39 is 12.1 Å². The van der Waals surface area contributed by atoms with Gasteiger partial charge in [-0.25, -0.2) is 4.79 Å². The summed E-state index contributed by atoms with van der Waals surface area (Å²) in [5, 5.41) is 2.87. The number of nitrogens with one attached hydrogen (secondary N) is 1. The van der Waals surface area contributed by atoms with Crippen molar-refractivity contribution < 1.29 is 9.53 Å². The van der Waals surface area contributed by atoms with E-state index in [4.69, 9.17) is 4.74 Å². The van der Waals surface area contributed by atoms with Gasteiger partial charge < -0.3 is 10.1 Å². The molecule has 2 aromatic rings. The van der Waals surface area contributed by atoms with Gasteiger partial charge in [-0.15, -0.1) is 0 Å². The Morgan fingerprint density at radius 1 is 1.08 bits per heavy atom. The van der Waals surface area contributed by atoms with Gasteiger partial charge in [0.05, 0.1) is 6.61 Å². The van der Waals surface area contributed by atoms with Gasteiger partial charge in [0.25, 0.3) is 0 Å². The first-order valence-electron chi connectivity index (χ1n) is 8.81. The Balaban J connectivity index is 2.15. The monoisotopic (exact) mass is 335 g/mol. The fourth-order valence-corrected chi connectivity index (χ4v) is 2.29. The average Bonchev–Trinajstić information content (AvgIpc) is 2.66. The summed E-state index contributed by atoms with van der Waals surface area (Å²) < 4.78 is 5.21. The van der Waals surface area contributed by atoms with E-state index in [1.165, 1.54) is 5.56 Å². The van der Waals surface area contributed by atoms with Gasteiger partial charge >= 0.3 is 6.09 Å². The highest BCUT2D eigenvalue weighted by Gasteiger charge is 2.13. The third-order valence-corrected chi connectivity index (χ3v) is 3.85. The van der Waals surface area contributed by atoms with E-state index in [0.717, 1.165) is 30.4 Å². The van der Waals surface area contributed by atoms with Crippen LogP contribution in [0.25, 0.3) is 0 Å². The van der Waals surface area contributed by atoms with Crippen molar-refractivity contribution >= 4 is 6.09 Å². The standard InChI is InChI=1S/C22H25NO2/c1-3-5-17-25-22(24)23-21(16-13-19-9-7-6-8-10-19)20-14-11-18(4-2)12-15-20/h6-12,14-15,21H,3-5,17H2,1-2H3,(H,23,24). The summed E-state index contributed by atoms with van der Waals surface area (Å²) in [4.78, 5) is 12.0. The van der Waals surface area contributed by atoms with Crippen molar-refractivity contribution in [3.8, 4) is 11.8 Å². The van der Waals surface area contributed by atoms with E-state index in [1.807, 2.05) is 42.5 Å². The molecule has 0 aliphatic carbocycles. The summed E-state index contributed by atoms with van der Waals surface area (Å²) >= 11 is 0. The quantitative estimate of drug-likeness (QED) is 0.604. The van der Waals surface area contributed by atoms with Crippen molar-refractivity contribution in [2.24, 2.45) is 0 Å². The fourth-order valence-electron chi connectivity index (χ4n) is 2.29. The second kappa shape index (κ2) is 10.2. The summed E-state index contributed by atoms with van der Waals surface area (Å²) in [6, 6.07) is 17.5. The Hall–Kier alpha value is -2.73. The Kier molecular flexibility index (Phi) is 7.59. The molecule has 0 heterocycles. The minimum atomic E-state index is -0.430. The summed E-state index contributed by atoms with van der Waals surface area (Å²) in [6.45, 7) is 4.60. The first kappa shape index (κ1) is 18.6. The largest absolute Gasteiger partial charge is 0.450 e. The number of ether oxygens (including phenoxy) is 1. The van der Waals surface area contributed by atoms with Crippen LogP contribution in [0.1, 0.15) is 49.4 Å². The molecule has 1 amide bonds. The molecular formula is C22H25NO2. The number of hydrogen-bond donors (Lipinski definition) is 1. The topological polar surface area (TPSA) is 38.3 Å². The smallest absolute Gasteiger partial charge is 0.408 e. The minimum Gasteiger partial charge on any atom is -0.450 e. The predicted molar refractivity (Wildman–Crippen MR) is 101 cm³/mol. The van der Waals surface area contributed by atoms with Crippen molar-refractivity contribution in [3.63, 3.8) is 0 Å². The lowest BCUT2D eigenvalue weighted by Crippen LogP contribution is -2.28. The number of benzene rings is 2. The lowest BCUT2D eigenvalue weighted by atomic mass is 10.0. The number of carbonyl (C=O) groups is 1. The summed E-state index contributed by atoms with van der Waals surface area (Å²) in [7, 11) is 0. The van der Waals surface area contributed by atoms with Crippen LogP contribution in [-0.2, 0) is 11.2 Å². The maximum absolute atomic E-state index is 12.0. The Bertz CT molecular complexity index is 711. The van der Waals surface area contributed by atoms with E-state index in [9.17, 15) is 4.79 Å². The van der Waals surface area contributed by atoms with Crippen LogP contribution in [0.2, 0.25) is 0 Å². The molecule has 0 spiro atoms. The first-order chi connectivity index (χ1) is 12.2. The van der Waals surface area contributed by atoms with Crippen LogP contribution in [-0.4, -0.2) is 12.7 Å². The van der Waals surface area contributed by atoms with E-state index in [0.29, 0.717) is 6.61 Å². The van der Waals surface area contributed by atoms with E-state index in [-0.39, 0.29) is 0 Å². The highest BCUT2D eigenvalue weighted by atomic mass is 16.5. The molecule has 25 heavy (non-hydrogen) atoms. The van der Waals surface area contributed by atoms with Crippen molar-refractivity contribution in [3.05, 3.63) is 71.3 Å². The Labute approximate surface area is 150 Å². The number of unbranched alkanes of at least 4 members (excludes halogenated alkanes) is 1. The number of rotatable bonds is 6. The van der Waals surface area contributed by atoms with Crippen LogP contribution in [0, 0.1) is 11.8 Å². The molecule has 2 rings (SSSR count). The summed E-state index contributed by atoms with van der Waals surface area (Å²) in [6.07, 6.45) is 2.40. The van der Waals surface area contributed by atoms with Gasteiger partial charge in [-0.3, -0.25) is 0 Å². The normalized spacial score (nSPS) is 11.1. The molecule has 3 nitrogen and oxygen atoms in total. The third kappa shape index (κ3) is 6.35. The second-order valence-corrected chi connectivity index (χ2v) is 5.80. The number of aryl methyl sites for hydroxylation is 1. The van der Waals surface area contributed by atoms with Gasteiger partial charge in [-0.2, -0.15) is 0 Å². The van der Waals surface area contributed by atoms with Crippen LogP contribution in [0.3, 0.4) is 0 Å². The molecule has 2 aromatic carbocycles. The zero-order valence-electron chi connectivity index (χ0n) is 14.9. The van der Waals surface area contributed by atoms with Crippen LogP contribution in [0.15, 0.2) is 54.6 Å². The zero-order chi connectivity index (χ0) is 17.9. The van der Waals surface area contributed by atoms with Crippen LogP contribution >= 0.6 is 0 Å². The number of alkyl carbamates (subject to hydrolysis) is 1. The Morgan fingerprint density at radius 2 is 1.80 bits per heavy atom. The predicted octanol–water partition coefficient (Wildman–Crippen LogP) is 4.87. The lowest BCUT2D eigenvalue weighted by molar-refractivity contribution is 0.142. The third-order valence-electron chi connectivity index (χ3n) is 3.85. The number of hydrogen-bond acceptors (Lipinski definition) is 2. The minimum absolute atomic E-state index is 0.403. The van der Waals surface area contributed by atoms with E-state index in [2.05, 4.69) is 43.1 Å². The fraction of sp³-hybridized carbons (Fsp3) is 0.318. The van der Waals surface area contributed by atoms with Crippen LogP contribution in [0.4, 0.5) is 4.79 Å². The molecule has 3 heteroatoms. The van der Waals surface area contributed by atoms with Gasteiger partial charge in [0.1, 0.15) is 6.04 Å². The molecule has 1 unspecified atom stereocenters. The summed E-state index contributed by atoms with van der Waals surface area (Å²) in [5.41, 5.74) is 3.12. The molecule has 0 radical (unpaired) electrons. The van der Waals surface area contributed by atoms with E-state index in [1.54, 1.807) is 0 Å². The lowest BCUT2D eigenvalue weighted by Gasteiger charge is -2.14. The molecule has 1 atom stereocenters. The molecule has 0 bridgehead atoms. The average molecular weight is 335 g/mol. The Morgan fingerprint density at radius 3 is 2.44 bits per heavy atom. The van der Waals surface area contributed by atoms with Crippen molar-refractivity contribution in [1.29, 1.82) is 0 Å². The molecule has 130 valence electrons. The highest BCUT2D eigenvalue weighted by Crippen LogP contribution is 2.14. The molecule has 0 aromatic heterocycles. The van der Waals surface area contributed by atoms with Gasteiger partial charge in [-0.1, -0.05) is 74.6 Å². The van der Waals surface area contributed by atoms with Crippen molar-refractivity contribution in [1.82, 2.24) is 5.32 Å². The summed E-state index contributed by atoms with van der Waals surface area (Å²) in [5.74, 6) is 6.27. The van der Waals surface area contributed by atoms with Crippen molar-refractivity contribution in [2.75, 3.05) is 6.61 Å². The van der Waals surface area contributed by atoms with Crippen LogP contribution < -0.4 is 5.32 Å². The highest BCUT2D eigenvalue weighted by molar-refractivity contribution is 5.68. The molecular weight excluding hydrogens is 310 g/mol. The van der Waals surface area contributed by atoms with Gasteiger partial charge in [0.2, 0.25) is 0 Å². The van der Waals surface area contributed by atoms with E-state index >= 15 is 0 Å². The molecule has 0 fully saturated rings. The molecule has 0 saturated heterocycles.